The van der Waals surface area contributed by atoms with Crippen LogP contribution in [0.4, 0.5) is 0 Å². The van der Waals surface area contributed by atoms with Crippen molar-refractivity contribution in [2.24, 2.45) is 11.8 Å². The monoisotopic (exact) mass is 516 g/mol. The van der Waals surface area contributed by atoms with Crippen LogP contribution < -0.4 is 51.4 Å². The first-order valence-corrected chi connectivity index (χ1v) is 13.8. The van der Waals surface area contributed by atoms with E-state index in [1.165, 1.54) is 63.7 Å². The van der Waals surface area contributed by atoms with Crippen molar-refractivity contribution in [1.82, 2.24) is 4.90 Å². The first-order valence-electron chi connectivity index (χ1n) is 13.8. The average molecular weight is 517 g/mol. The van der Waals surface area contributed by atoms with Crippen LogP contribution in [-0.2, 0) is 11.2 Å². The van der Waals surface area contributed by atoms with Gasteiger partial charge in [0.1, 0.15) is 0 Å². The second-order valence-electron chi connectivity index (χ2n) is 10.4. The SMILES string of the molecule is CCCC([N-]C1CCC(CN2CCC(CCCc3ccccc3)CC2)C1)C(=O)O.[K+].c1ccccc1. The molecule has 2 fully saturated rings. The summed E-state index contributed by atoms with van der Waals surface area (Å²) in [7, 11) is 0. The van der Waals surface area contributed by atoms with Crippen molar-refractivity contribution in [2.45, 2.75) is 83.2 Å². The molecule has 2 aromatic carbocycles. The number of likely N-dealkylation sites (tertiary alicyclic amines) is 1. The second kappa shape index (κ2) is 18.7. The molecule has 0 aromatic heterocycles. The van der Waals surface area contributed by atoms with Gasteiger partial charge in [-0.2, -0.15) is 0 Å². The van der Waals surface area contributed by atoms with E-state index in [2.05, 4.69) is 40.5 Å². The molecule has 5 heteroatoms. The number of carboxylic acid groups (broad SMARTS) is 1. The van der Waals surface area contributed by atoms with Gasteiger partial charge in [0.05, 0.1) is 0 Å². The summed E-state index contributed by atoms with van der Waals surface area (Å²) < 4.78 is 0. The van der Waals surface area contributed by atoms with Crippen LogP contribution in [0.2, 0.25) is 0 Å². The molecule has 192 valence electrons. The van der Waals surface area contributed by atoms with Crippen LogP contribution in [0.15, 0.2) is 66.7 Å². The molecule has 1 aliphatic carbocycles. The van der Waals surface area contributed by atoms with Crippen molar-refractivity contribution >= 4 is 5.97 Å². The molecule has 3 atom stereocenters. The molecule has 4 rings (SSSR count). The summed E-state index contributed by atoms with van der Waals surface area (Å²) >= 11 is 0. The van der Waals surface area contributed by atoms with E-state index >= 15 is 0 Å². The van der Waals surface area contributed by atoms with E-state index in [1.54, 1.807) is 0 Å². The number of aryl methyl sites for hydroxylation is 1. The Morgan fingerprint density at radius 2 is 1.56 bits per heavy atom. The number of hydrogen-bond acceptors (Lipinski definition) is 2. The number of carboxylic acids is 1. The van der Waals surface area contributed by atoms with Crippen LogP contribution in [0, 0.1) is 11.8 Å². The van der Waals surface area contributed by atoms with Crippen molar-refractivity contribution < 1.29 is 61.3 Å². The number of hydrogen-bond donors (Lipinski definition) is 1. The molecule has 1 heterocycles. The van der Waals surface area contributed by atoms with Gasteiger partial charge < -0.3 is 15.3 Å². The summed E-state index contributed by atoms with van der Waals surface area (Å²) in [5.74, 6) is 0.853. The summed E-state index contributed by atoms with van der Waals surface area (Å²) in [5, 5.41) is 14.0. The second-order valence-corrected chi connectivity index (χ2v) is 10.4. The van der Waals surface area contributed by atoms with Gasteiger partial charge in [0.25, 0.3) is 5.97 Å². The molecule has 1 N–H and O–H groups in total. The molecule has 0 amide bonds. The minimum Gasteiger partial charge on any atom is -0.647 e. The zero-order valence-electron chi connectivity index (χ0n) is 22.6. The van der Waals surface area contributed by atoms with E-state index < -0.39 is 12.0 Å². The Morgan fingerprint density at radius 3 is 2.14 bits per heavy atom. The zero-order chi connectivity index (χ0) is 24.7. The molecule has 1 saturated heterocycles. The maximum Gasteiger partial charge on any atom is 1.00 e. The summed E-state index contributed by atoms with van der Waals surface area (Å²) in [6.45, 7) is 5.70. The Morgan fingerprint density at radius 1 is 0.944 bits per heavy atom. The van der Waals surface area contributed by atoms with E-state index in [4.69, 9.17) is 0 Å². The Bertz CT molecular complexity index is 785. The molecule has 4 nitrogen and oxygen atoms in total. The van der Waals surface area contributed by atoms with Gasteiger partial charge in [-0.3, -0.25) is 4.79 Å². The molecular formula is C31H45KN2O2. The van der Waals surface area contributed by atoms with Crippen molar-refractivity contribution in [2.75, 3.05) is 19.6 Å². The van der Waals surface area contributed by atoms with Crippen molar-refractivity contribution in [1.29, 1.82) is 0 Å². The zero-order valence-corrected chi connectivity index (χ0v) is 25.7. The third kappa shape index (κ3) is 12.3. The van der Waals surface area contributed by atoms with E-state index in [1.807, 2.05) is 43.3 Å². The third-order valence-corrected chi connectivity index (χ3v) is 7.56. The average Bonchev–Trinajstić information content (AvgIpc) is 3.33. The van der Waals surface area contributed by atoms with Crippen LogP contribution >= 0.6 is 0 Å². The molecule has 1 saturated carbocycles. The third-order valence-electron chi connectivity index (χ3n) is 7.56. The van der Waals surface area contributed by atoms with Crippen LogP contribution in [0.1, 0.15) is 70.3 Å². The largest absolute Gasteiger partial charge is 1.00 e. The quantitative estimate of drug-likeness (QED) is 0.455. The number of carbonyl (C=O) groups is 1. The number of rotatable bonds is 11. The molecule has 3 unspecified atom stereocenters. The molecule has 1 aliphatic heterocycles. The van der Waals surface area contributed by atoms with Crippen LogP contribution in [-0.4, -0.2) is 47.7 Å². The standard InChI is InChI=1S/C25H39N2O2.C6H6.K/c1-2-7-24(25(28)29)26-23-13-12-22(18-23)19-27-16-14-21(15-17-27)11-6-10-20-8-4-3-5-9-20;1-2-4-6-5-3-1;/h3-5,8-9,21-24H,2,6-7,10-19H2,1H3,(H,28,29);1-6H;/q-1;;+1. The predicted molar refractivity (Wildman–Crippen MR) is 146 cm³/mol. The molecule has 2 aliphatic rings. The molecule has 0 bridgehead atoms. The van der Waals surface area contributed by atoms with Gasteiger partial charge in [-0.25, -0.2) is 0 Å². The topological polar surface area (TPSA) is 54.6 Å². The molecule has 0 spiro atoms. The molecular weight excluding hydrogens is 471 g/mol. The Kier molecular flexibility index (Phi) is 16.4. The normalized spacial score (nSPS) is 21.1. The maximum absolute atomic E-state index is 11.4. The summed E-state index contributed by atoms with van der Waals surface area (Å²) in [6.07, 6.45) is 11.5. The number of piperidine rings is 1. The fourth-order valence-electron chi connectivity index (χ4n) is 5.59. The van der Waals surface area contributed by atoms with Crippen molar-refractivity contribution in [3.8, 4) is 0 Å². The fourth-order valence-corrected chi connectivity index (χ4v) is 5.59. The predicted octanol–water partition coefficient (Wildman–Crippen LogP) is 4.21. The maximum atomic E-state index is 11.4. The van der Waals surface area contributed by atoms with Gasteiger partial charge >= 0.3 is 51.4 Å². The first-order chi connectivity index (χ1) is 17.1. The van der Waals surface area contributed by atoms with Crippen LogP contribution in [0.25, 0.3) is 5.32 Å². The van der Waals surface area contributed by atoms with Gasteiger partial charge in [0.2, 0.25) is 0 Å². The number of benzene rings is 2. The van der Waals surface area contributed by atoms with Crippen molar-refractivity contribution in [3.63, 3.8) is 0 Å². The van der Waals surface area contributed by atoms with Gasteiger partial charge in [0.15, 0.2) is 0 Å². The molecule has 0 radical (unpaired) electrons. The van der Waals surface area contributed by atoms with Gasteiger partial charge in [-0.1, -0.05) is 112 Å². The summed E-state index contributed by atoms with van der Waals surface area (Å²) in [5.41, 5.74) is 1.47. The van der Waals surface area contributed by atoms with Gasteiger partial charge in [-0.15, -0.1) is 6.04 Å². The van der Waals surface area contributed by atoms with Crippen molar-refractivity contribution in [3.05, 3.63) is 77.6 Å². The van der Waals surface area contributed by atoms with E-state index in [0.717, 1.165) is 25.2 Å². The Balaban J connectivity index is 0.000000571. The minimum absolute atomic E-state index is 0. The van der Waals surface area contributed by atoms with E-state index in [-0.39, 0.29) is 57.4 Å². The summed E-state index contributed by atoms with van der Waals surface area (Å²) in [4.78, 5) is 14.0. The summed E-state index contributed by atoms with van der Waals surface area (Å²) in [6, 6.07) is 22.6. The Hall–Kier alpha value is -0.534. The number of nitrogens with zero attached hydrogens (tertiary/aromatic N) is 2. The minimum atomic E-state index is -0.746. The van der Waals surface area contributed by atoms with Crippen LogP contribution in [0.3, 0.4) is 0 Å². The smallest absolute Gasteiger partial charge is 0.647 e. The molecule has 2 aromatic rings. The fraction of sp³-hybridized carbons (Fsp3) is 0.581. The van der Waals surface area contributed by atoms with E-state index in [0.29, 0.717) is 12.3 Å². The molecule has 36 heavy (non-hydrogen) atoms. The number of aliphatic carboxylic acids is 1. The Labute approximate surface area is 262 Å². The van der Waals surface area contributed by atoms with Gasteiger partial charge in [0, 0.05) is 6.54 Å². The van der Waals surface area contributed by atoms with E-state index in [9.17, 15) is 9.90 Å². The van der Waals surface area contributed by atoms with Crippen LogP contribution in [0.5, 0.6) is 0 Å². The van der Waals surface area contributed by atoms with Gasteiger partial charge in [-0.05, 0) is 62.2 Å². The first kappa shape index (κ1) is 31.7.